The van der Waals surface area contributed by atoms with Crippen LogP contribution in [-0.2, 0) is 4.74 Å². The number of carboxylic acid groups (broad SMARTS) is 1. The molecule has 0 unspecified atom stereocenters. The molecule has 1 saturated heterocycles. The third-order valence-corrected chi connectivity index (χ3v) is 3.40. The van der Waals surface area contributed by atoms with Crippen LogP contribution in [0.15, 0.2) is 12.1 Å². The van der Waals surface area contributed by atoms with E-state index in [1.54, 1.807) is 0 Å². The molecule has 1 aliphatic rings. The van der Waals surface area contributed by atoms with Gasteiger partial charge in [0, 0.05) is 24.4 Å². The molecule has 0 aliphatic carbocycles. The number of benzene rings is 1. The summed E-state index contributed by atoms with van der Waals surface area (Å²) < 4.78 is 19.1. The number of nitrogens with two attached hydrogens (primary N) is 1. The smallest absolute Gasteiger partial charge is 0.337 e. The normalized spacial score (nSPS) is 18.0. The van der Waals surface area contributed by atoms with Gasteiger partial charge >= 0.3 is 5.97 Å². The van der Waals surface area contributed by atoms with Gasteiger partial charge in [0.1, 0.15) is 5.82 Å². The summed E-state index contributed by atoms with van der Waals surface area (Å²) in [6, 6.07) is 2.28. The molecule has 0 aromatic heterocycles. The first-order valence-corrected chi connectivity index (χ1v) is 6.09. The molecule has 1 aromatic carbocycles. The number of hydrogen-bond acceptors (Lipinski definition) is 4. The third kappa shape index (κ3) is 2.96. The van der Waals surface area contributed by atoms with E-state index in [-0.39, 0.29) is 22.5 Å². The minimum absolute atomic E-state index is 0.0762. The van der Waals surface area contributed by atoms with Crippen LogP contribution in [0.1, 0.15) is 30.1 Å². The summed E-state index contributed by atoms with van der Waals surface area (Å²) in [6.45, 7) is 3.17. The summed E-state index contributed by atoms with van der Waals surface area (Å²) in [5.74, 6) is -1.71. The fourth-order valence-electron chi connectivity index (χ4n) is 2.14. The molecule has 0 radical (unpaired) electrons. The summed E-state index contributed by atoms with van der Waals surface area (Å²) >= 11 is 0. The minimum Gasteiger partial charge on any atom is -0.478 e. The number of rotatable bonds is 3. The van der Waals surface area contributed by atoms with E-state index in [0.717, 1.165) is 18.9 Å². The largest absolute Gasteiger partial charge is 0.478 e. The molecule has 1 aliphatic heterocycles. The van der Waals surface area contributed by atoms with E-state index in [9.17, 15) is 9.18 Å². The molecule has 104 valence electrons. The molecule has 6 heteroatoms. The fourth-order valence-corrected chi connectivity index (χ4v) is 2.14. The molecule has 1 aromatic rings. The number of ether oxygens (including phenoxy) is 1. The van der Waals surface area contributed by atoms with Crippen molar-refractivity contribution in [2.45, 2.75) is 25.3 Å². The van der Waals surface area contributed by atoms with Gasteiger partial charge in [0.2, 0.25) is 0 Å². The van der Waals surface area contributed by atoms with Gasteiger partial charge in [0.25, 0.3) is 0 Å². The number of carboxylic acids is 1. The molecule has 0 atom stereocenters. The Kier molecular flexibility index (Phi) is 3.61. The van der Waals surface area contributed by atoms with Crippen molar-refractivity contribution in [1.29, 1.82) is 0 Å². The van der Waals surface area contributed by atoms with Gasteiger partial charge in [-0.3, -0.25) is 0 Å². The molecule has 19 heavy (non-hydrogen) atoms. The predicted molar refractivity (Wildman–Crippen MR) is 69.9 cm³/mol. The third-order valence-electron chi connectivity index (χ3n) is 3.40. The van der Waals surface area contributed by atoms with Crippen molar-refractivity contribution < 1.29 is 19.0 Å². The second-order valence-electron chi connectivity index (χ2n) is 5.02. The highest BCUT2D eigenvalue weighted by atomic mass is 19.1. The van der Waals surface area contributed by atoms with Crippen molar-refractivity contribution in [2.75, 3.05) is 24.3 Å². The zero-order valence-corrected chi connectivity index (χ0v) is 10.7. The van der Waals surface area contributed by atoms with E-state index in [4.69, 9.17) is 15.6 Å². The van der Waals surface area contributed by atoms with E-state index in [0.29, 0.717) is 13.2 Å². The number of nitrogen functional groups attached to an aromatic ring is 1. The monoisotopic (exact) mass is 268 g/mol. The molecular weight excluding hydrogens is 251 g/mol. The van der Waals surface area contributed by atoms with Gasteiger partial charge in [-0.05, 0) is 31.9 Å². The predicted octanol–water partition coefficient (Wildman–Crippen LogP) is 2.09. The minimum atomic E-state index is -1.17. The average molecular weight is 268 g/mol. The van der Waals surface area contributed by atoms with Crippen molar-refractivity contribution in [3.05, 3.63) is 23.5 Å². The number of carbonyl (C=O) groups is 1. The number of nitrogens with one attached hydrogen (secondary N) is 1. The maximum Gasteiger partial charge on any atom is 0.337 e. The van der Waals surface area contributed by atoms with Crippen LogP contribution >= 0.6 is 0 Å². The van der Waals surface area contributed by atoms with Gasteiger partial charge in [0.05, 0.1) is 11.3 Å². The summed E-state index contributed by atoms with van der Waals surface area (Å²) in [7, 11) is 0. The van der Waals surface area contributed by atoms with Gasteiger partial charge < -0.3 is 20.9 Å². The number of aromatic carboxylic acids is 1. The number of anilines is 2. The first kappa shape index (κ1) is 13.6. The first-order chi connectivity index (χ1) is 8.91. The van der Waals surface area contributed by atoms with E-state index < -0.39 is 11.8 Å². The molecule has 0 amide bonds. The standard InChI is InChI=1S/C13H17FN2O3/c1-13(2-4-19-5-3-13)16-11-6-8(12(17)18)10(15)7-9(11)14/h6-7,16H,2-5,15H2,1H3,(H,17,18). The van der Waals surface area contributed by atoms with E-state index in [2.05, 4.69) is 5.32 Å². The lowest BCUT2D eigenvalue weighted by Crippen LogP contribution is -2.40. The molecule has 2 rings (SSSR count). The Balaban J connectivity index is 2.29. The highest BCUT2D eigenvalue weighted by Crippen LogP contribution is 2.29. The Hall–Kier alpha value is -1.82. The highest BCUT2D eigenvalue weighted by Gasteiger charge is 2.28. The lowest BCUT2D eigenvalue weighted by atomic mass is 9.92. The van der Waals surface area contributed by atoms with Crippen LogP contribution in [0.25, 0.3) is 0 Å². The Morgan fingerprint density at radius 2 is 2.11 bits per heavy atom. The number of hydrogen-bond donors (Lipinski definition) is 3. The zero-order chi connectivity index (χ0) is 14.0. The summed E-state index contributed by atoms with van der Waals surface area (Å²) in [6.07, 6.45) is 1.47. The highest BCUT2D eigenvalue weighted by molar-refractivity contribution is 5.94. The fraction of sp³-hybridized carbons (Fsp3) is 0.462. The Bertz CT molecular complexity index is 499. The van der Waals surface area contributed by atoms with Crippen molar-refractivity contribution in [3.8, 4) is 0 Å². The summed E-state index contributed by atoms with van der Waals surface area (Å²) in [4.78, 5) is 11.0. The lowest BCUT2D eigenvalue weighted by Gasteiger charge is -2.35. The number of halogens is 1. The lowest BCUT2D eigenvalue weighted by molar-refractivity contribution is 0.0655. The van der Waals surface area contributed by atoms with Crippen LogP contribution in [-0.4, -0.2) is 29.8 Å². The topological polar surface area (TPSA) is 84.6 Å². The Morgan fingerprint density at radius 3 is 2.68 bits per heavy atom. The first-order valence-electron chi connectivity index (χ1n) is 6.09. The maximum absolute atomic E-state index is 13.9. The zero-order valence-electron chi connectivity index (χ0n) is 10.7. The van der Waals surface area contributed by atoms with Gasteiger partial charge in [-0.1, -0.05) is 0 Å². The maximum atomic E-state index is 13.9. The van der Waals surface area contributed by atoms with Crippen LogP contribution in [0.2, 0.25) is 0 Å². The van der Waals surface area contributed by atoms with E-state index >= 15 is 0 Å². The molecule has 0 bridgehead atoms. The molecule has 0 spiro atoms. The summed E-state index contributed by atoms with van der Waals surface area (Å²) in [5.41, 5.74) is 5.18. The van der Waals surface area contributed by atoms with Crippen molar-refractivity contribution in [3.63, 3.8) is 0 Å². The van der Waals surface area contributed by atoms with Crippen LogP contribution < -0.4 is 11.1 Å². The van der Waals surface area contributed by atoms with Gasteiger partial charge in [-0.15, -0.1) is 0 Å². The SMILES string of the molecule is CC1(Nc2cc(C(=O)O)c(N)cc2F)CCOCC1. The van der Waals surface area contributed by atoms with Gasteiger partial charge in [0.15, 0.2) is 0 Å². The molecule has 5 nitrogen and oxygen atoms in total. The van der Waals surface area contributed by atoms with E-state index in [1.807, 2.05) is 6.92 Å². The van der Waals surface area contributed by atoms with Crippen LogP contribution in [0.3, 0.4) is 0 Å². The second-order valence-corrected chi connectivity index (χ2v) is 5.02. The Labute approximate surface area is 110 Å². The van der Waals surface area contributed by atoms with Crippen LogP contribution in [0.4, 0.5) is 15.8 Å². The van der Waals surface area contributed by atoms with Gasteiger partial charge in [-0.25, -0.2) is 9.18 Å². The molecule has 4 N–H and O–H groups in total. The van der Waals surface area contributed by atoms with E-state index in [1.165, 1.54) is 6.07 Å². The quantitative estimate of drug-likeness (QED) is 0.731. The molecule has 1 fully saturated rings. The van der Waals surface area contributed by atoms with Crippen molar-refractivity contribution in [1.82, 2.24) is 0 Å². The van der Waals surface area contributed by atoms with Crippen molar-refractivity contribution >= 4 is 17.3 Å². The molecule has 0 saturated carbocycles. The van der Waals surface area contributed by atoms with Crippen LogP contribution in [0.5, 0.6) is 0 Å². The van der Waals surface area contributed by atoms with Crippen molar-refractivity contribution in [2.24, 2.45) is 0 Å². The molecule has 1 heterocycles. The Morgan fingerprint density at radius 1 is 1.47 bits per heavy atom. The second kappa shape index (κ2) is 5.05. The average Bonchev–Trinajstić information content (AvgIpc) is 2.33. The van der Waals surface area contributed by atoms with Crippen LogP contribution in [0, 0.1) is 5.82 Å². The van der Waals surface area contributed by atoms with Gasteiger partial charge in [-0.2, -0.15) is 0 Å². The summed E-state index contributed by atoms with van der Waals surface area (Å²) in [5, 5.41) is 12.1. The molecular formula is C13H17FN2O3.